The third kappa shape index (κ3) is 4.42. The summed E-state index contributed by atoms with van der Waals surface area (Å²) in [6, 6.07) is 12.4. The van der Waals surface area contributed by atoms with Gasteiger partial charge in [0.25, 0.3) is 0 Å². The van der Waals surface area contributed by atoms with E-state index in [0.717, 1.165) is 33.6 Å². The number of hydrogen-bond acceptors (Lipinski definition) is 2. The lowest BCUT2D eigenvalue weighted by atomic mass is 10.1. The second-order valence-corrected chi connectivity index (χ2v) is 7.49. The van der Waals surface area contributed by atoms with E-state index in [1.165, 1.54) is 16.8 Å². The summed E-state index contributed by atoms with van der Waals surface area (Å²) in [5.41, 5.74) is 1.93. The van der Waals surface area contributed by atoms with Crippen LogP contribution in [0.3, 0.4) is 0 Å². The molecule has 0 aliphatic rings. The first kappa shape index (κ1) is 19.7. The molecule has 0 saturated heterocycles. The van der Waals surface area contributed by atoms with Crippen LogP contribution in [0.15, 0.2) is 60.9 Å². The van der Waals surface area contributed by atoms with E-state index < -0.39 is 17.3 Å². The Hall–Kier alpha value is -3.09. The number of halogens is 3. The van der Waals surface area contributed by atoms with Crippen LogP contribution < -0.4 is 0 Å². The molecule has 2 aromatic carbocycles. The molecular weight excluding hydrogens is 367 g/mol. The SMILES string of the molecule is CC(C)(C)/[N+](O)=C\c1cccc(-c2cnn(-c3ccc(C(F)(F)F)cc3)c2)c1. The molecule has 0 fully saturated rings. The van der Waals surface area contributed by atoms with Crippen molar-refractivity contribution in [1.82, 2.24) is 9.78 Å². The summed E-state index contributed by atoms with van der Waals surface area (Å²) in [5.74, 6) is 0. The van der Waals surface area contributed by atoms with Gasteiger partial charge in [-0.05, 0) is 46.7 Å². The van der Waals surface area contributed by atoms with Gasteiger partial charge in [0, 0.05) is 38.1 Å². The average Bonchev–Trinajstić information content (AvgIpc) is 3.11. The summed E-state index contributed by atoms with van der Waals surface area (Å²) < 4.78 is 40.8. The van der Waals surface area contributed by atoms with Crippen LogP contribution >= 0.6 is 0 Å². The smallest absolute Gasteiger partial charge is 0.290 e. The van der Waals surface area contributed by atoms with Gasteiger partial charge in [-0.25, -0.2) is 4.68 Å². The molecule has 3 aromatic rings. The molecule has 0 aliphatic carbocycles. The molecule has 0 amide bonds. The molecule has 1 N–H and O–H groups in total. The normalized spacial score (nSPS) is 13.0. The largest absolute Gasteiger partial charge is 0.416 e. The quantitative estimate of drug-likeness (QED) is 0.291. The first-order valence-corrected chi connectivity index (χ1v) is 8.70. The highest BCUT2D eigenvalue weighted by molar-refractivity contribution is 5.79. The number of nitrogens with zero attached hydrogens (tertiary/aromatic N) is 3. The van der Waals surface area contributed by atoms with E-state index in [4.69, 9.17) is 0 Å². The van der Waals surface area contributed by atoms with Gasteiger partial charge in [0.1, 0.15) is 0 Å². The minimum absolute atomic E-state index is 0.427. The van der Waals surface area contributed by atoms with E-state index in [9.17, 15) is 18.4 Å². The fourth-order valence-electron chi connectivity index (χ4n) is 2.55. The van der Waals surface area contributed by atoms with E-state index in [2.05, 4.69) is 5.10 Å². The molecule has 0 spiro atoms. The maximum atomic E-state index is 12.7. The number of aromatic nitrogens is 2. The van der Waals surface area contributed by atoms with E-state index >= 15 is 0 Å². The van der Waals surface area contributed by atoms with Gasteiger partial charge in [0.2, 0.25) is 11.8 Å². The Morgan fingerprint density at radius 2 is 1.68 bits per heavy atom. The van der Waals surface area contributed by atoms with Crippen molar-refractivity contribution in [3.8, 4) is 16.8 Å². The van der Waals surface area contributed by atoms with Crippen LogP contribution in [0, 0.1) is 0 Å². The van der Waals surface area contributed by atoms with Crippen LogP contribution in [0.4, 0.5) is 13.2 Å². The topological polar surface area (TPSA) is 41.1 Å². The second kappa shape index (κ2) is 7.14. The van der Waals surface area contributed by atoms with E-state index in [1.54, 1.807) is 18.6 Å². The van der Waals surface area contributed by atoms with Crippen molar-refractivity contribution in [3.05, 3.63) is 72.1 Å². The summed E-state index contributed by atoms with van der Waals surface area (Å²) in [6.45, 7) is 5.67. The Morgan fingerprint density at radius 1 is 1.00 bits per heavy atom. The number of benzene rings is 2. The molecule has 7 heteroatoms. The van der Waals surface area contributed by atoms with Crippen molar-refractivity contribution in [3.63, 3.8) is 0 Å². The maximum Gasteiger partial charge on any atom is 0.416 e. The van der Waals surface area contributed by atoms with Gasteiger partial charge in [0.05, 0.1) is 17.4 Å². The fraction of sp³-hybridized carbons (Fsp3) is 0.238. The van der Waals surface area contributed by atoms with Gasteiger partial charge in [0.15, 0.2) is 0 Å². The van der Waals surface area contributed by atoms with Gasteiger partial charge in [-0.1, -0.05) is 12.1 Å². The molecule has 0 bridgehead atoms. The summed E-state index contributed by atoms with van der Waals surface area (Å²) >= 11 is 0. The average molecular weight is 388 g/mol. The first-order chi connectivity index (χ1) is 13.0. The maximum absolute atomic E-state index is 12.7. The van der Waals surface area contributed by atoms with Crippen LogP contribution in [-0.4, -0.2) is 31.5 Å². The Balaban J connectivity index is 1.87. The van der Waals surface area contributed by atoms with Crippen molar-refractivity contribution in [2.75, 3.05) is 0 Å². The van der Waals surface area contributed by atoms with Gasteiger partial charge in [-0.2, -0.15) is 18.3 Å². The predicted octanol–water partition coefficient (Wildman–Crippen LogP) is 5.18. The van der Waals surface area contributed by atoms with Gasteiger partial charge < -0.3 is 0 Å². The molecular formula is C21H21F3N3O+. The minimum Gasteiger partial charge on any atom is -0.290 e. The van der Waals surface area contributed by atoms with Crippen LogP contribution in [0.25, 0.3) is 16.8 Å². The molecule has 0 radical (unpaired) electrons. The Morgan fingerprint density at radius 3 is 2.29 bits per heavy atom. The minimum atomic E-state index is -4.36. The second-order valence-electron chi connectivity index (χ2n) is 7.49. The van der Waals surface area contributed by atoms with Gasteiger partial charge in [-0.3, -0.25) is 5.21 Å². The Kier molecular flexibility index (Phi) is 5.02. The van der Waals surface area contributed by atoms with Gasteiger partial charge >= 0.3 is 6.18 Å². The van der Waals surface area contributed by atoms with Crippen LogP contribution in [0.5, 0.6) is 0 Å². The summed E-state index contributed by atoms with van der Waals surface area (Å²) in [4.78, 5) is 0. The first-order valence-electron chi connectivity index (χ1n) is 8.70. The lowest BCUT2D eigenvalue weighted by Gasteiger charge is -2.09. The monoisotopic (exact) mass is 388 g/mol. The van der Waals surface area contributed by atoms with Crippen molar-refractivity contribution in [2.24, 2.45) is 0 Å². The molecule has 4 nitrogen and oxygen atoms in total. The molecule has 28 heavy (non-hydrogen) atoms. The highest BCUT2D eigenvalue weighted by Gasteiger charge is 2.30. The van der Waals surface area contributed by atoms with Crippen molar-refractivity contribution < 1.29 is 23.1 Å². The van der Waals surface area contributed by atoms with E-state index in [-0.39, 0.29) is 0 Å². The van der Waals surface area contributed by atoms with Crippen LogP contribution in [0.2, 0.25) is 0 Å². The third-order valence-electron chi connectivity index (χ3n) is 4.22. The summed E-state index contributed by atoms with van der Waals surface area (Å²) in [7, 11) is 0. The molecule has 3 rings (SSSR count). The standard InChI is InChI=1S/C21H21F3N3O/c1-20(2,3)27(28)13-15-5-4-6-16(11-15)17-12-25-26(14-17)19-9-7-18(8-10-19)21(22,23)24/h4-14,28H,1-3H3/q+1/b27-13+. The molecule has 1 heterocycles. The molecule has 1 aromatic heterocycles. The zero-order valence-corrected chi connectivity index (χ0v) is 15.8. The zero-order chi connectivity index (χ0) is 20.5. The zero-order valence-electron chi connectivity index (χ0n) is 15.8. The fourth-order valence-corrected chi connectivity index (χ4v) is 2.55. The van der Waals surface area contributed by atoms with Crippen LogP contribution in [0.1, 0.15) is 31.9 Å². The van der Waals surface area contributed by atoms with Crippen molar-refractivity contribution in [1.29, 1.82) is 0 Å². The third-order valence-corrected chi connectivity index (χ3v) is 4.22. The molecule has 0 saturated carbocycles. The lowest BCUT2D eigenvalue weighted by molar-refractivity contribution is -0.816. The highest BCUT2D eigenvalue weighted by atomic mass is 19.4. The number of rotatable bonds is 3. The summed E-state index contributed by atoms with van der Waals surface area (Å²) in [6.07, 6.45) is 0.682. The predicted molar refractivity (Wildman–Crippen MR) is 101 cm³/mol. The van der Waals surface area contributed by atoms with E-state index in [0.29, 0.717) is 5.69 Å². The Labute approximate surface area is 161 Å². The van der Waals surface area contributed by atoms with Crippen molar-refractivity contribution >= 4 is 6.21 Å². The number of hydrogen-bond donors (Lipinski definition) is 1. The molecule has 0 unspecified atom stereocenters. The number of hydroxylamine groups is 1. The molecule has 146 valence electrons. The summed E-state index contributed by atoms with van der Waals surface area (Å²) in [5, 5.41) is 14.4. The van der Waals surface area contributed by atoms with Crippen molar-refractivity contribution in [2.45, 2.75) is 32.5 Å². The molecule has 0 aliphatic heterocycles. The lowest BCUT2D eigenvalue weighted by Crippen LogP contribution is -2.31. The van der Waals surface area contributed by atoms with Gasteiger partial charge in [-0.15, -0.1) is 0 Å². The van der Waals surface area contributed by atoms with E-state index in [1.807, 2.05) is 45.0 Å². The highest BCUT2D eigenvalue weighted by Crippen LogP contribution is 2.30. The van der Waals surface area contributed by atoms with Crippen LogP contribution in [-0.2, 0) is 6.18 Å². The molecule has 0 atom stereocenters. The number of alkyl halides is 3. The Bertz CT molecular complexity index is 997.